The molecule has 2 atom stereocenters. The Labute approximate surface area is 182 Å². The molecule has 1 aromatic carbocycles. The summed E-state index contributed by atoms with van der Waals surface area (Å²) in [5, 5.41) is 5.02. The van der Waals surface area contributed by atoms with Gasteiger partial charge in [-0.3, -0.25) is 4.98 Å². The van der Waals surface area contributed by atoms with Crippen LogP contribution in [0, 0.1) is 13.8 Å². The number of aromatic nitrogens is 2. The van der Waals surface area contributed by atoms with Crippen molar-refractivity contribution in [2.75, 3.05) is 0 Å². The van der Waals surface area contributed by atoms with Crippen molar-refractivity contribution in [3.05, 3.63) is 82.4 Å². The van der Waals surface area contributed by atoms with Crippen LogP contribution in [0.3, 0.4) is 0 Å². The first-order valence-electron chi connectivity index (χ1n) is 9.83. The Morgan fingerprint density at radius 3 is 2.55 bits per heavy atom. The summed E-state index contributed by atoms with van der Waals surface area (Å²) in [6.45, 7) is 8.65. The molecular formula is C23H25ClN4S. The number of benzene rings is 1. The van der Waals surface area contributed by atoms with E-state index in [1.54, 1.807) is 0 Å². The van der Waals surface area contributed by atoms with Gasteiger partial charge in [0.25, 0.3) is 0 Å². The average Bonchev–Trinajstić information content (AvgIpc) is 3.18. The fourth-order valence-corrected chi connectivity index (χ4v) is 4.99. The number of nitrogens with one attached hydrogen (secondary N) is 1. The molecule has 4 rings (SSSR count). The molecule has 0 amide bonds. The molecule has 1 fully saturated rings. The van der Waals surface area contributed by atoms with Crippen LogP contribution < -0.4 is 5.32 Å². The Hall–Kier alpha value is -2.37. The molecule has 6 heteroatoms. The largest absolute Gasteiger partial charge is 0.352 e. The van der Waals surface area contributed by atoms with E-state index in [4.69, 9.17) is 23.8 Å². The lowest BCUT2D eigenvalue weighted by Gasteiger charge is -2.31. The van der Waals surface area contributed by atoms with Gasteiger partial charge in [-0.1, -0.05) is 23.7 Å². The first kappa shape index (κ1) is 19.9. The summed E-state index contributed by atoms with van der Waals surface area (Å²) in [5.74, 6) is 0. The zero-order valence-electron chi connectivity index (χ0n) is 17.1. The number of pyridine rings is 1. The lowest BCUT2D eigenvalue weighted by atomic mass is 9.96. The van der Waals surface area contributed by atoms with Gasteiger partial charge in [-0.2, -0.15) is 0 Å². The second-order valence-electron chi connectivity index (χ2n) is 7.77. The van der Waals surface area contributed by atoms with Crippen molar-refractivity contribution < 1.29 is 0 Å². The quantitative estimate of drug-likeness (QED) is 0.558. The number of aryl methyl sites for hydroxylation is 1. The summed E-state index contributed by atoms with van der Waals surface area (Å²) in [5.41, 5.74) is 5.67. The third-order valence-corrected chi connectivity index (χ3v) is 6.11. The van der Waals surface area contributed by atoms with Gasteiger partial charge < -0.3 is 14.8 Å². The maximum atomic E-state index is 6.26. The highest BCUT2D eigenvalue weighted by atomic mass is 35.5. The van der Waals surface area contributed by atoms with Gasteiger partial charge in [0.1, 0.15) is 0 Å². The molecule has 150 valence electrons. The van der Waals surface area contributed by atoms with Crippen molar-refractivity contribution in [2.24, 2.45) is 0 Å². The van der Waals surface area contributed by atoms with E-state index in [0.29, 0.717) is 0 Å². The number of rotatable bonds is 4. The van der Waals surface area contributed by atoms with Crippen molar-refractivity contribution in [1.29, 1.82) is 0 Å². The minimum Gasteiger partial charge on any atom is -0.352 e. The maximum Gasteiger partial charge on any atom is 0.170 e. The van der Waals surface area contributed by atoms with Gasteiger partial charge in [-0.25, -0.2) is 0 Å². The molecule has 2 aromatic heterocycles. The second kappa shape index (κ2) is 7.81. The van der Waals surface area contributed by atoms with Gasteiger partial charge >= 0.3 is 0 Å². The molecule has 1 aliphatic rings. The Kier molecular flexibility index (Phi) is 5.36. The molecule has 3 aromatic rings. The lowest BCUT2D eigenvalue weighted by Crippen LogP contribution is -2.35. The smallest absolute Gasteiger partial charge is 0.170 e. The molecule has 0 spiro atoms. The number of halogens is 1. The summed E-state index contributed by atoms with van der Waals surface area (Å²) >= 11 is 12.0. The van der Waals surface area contributed by atoms with Crippen LogP contribution >= 0.6 is 23.8 Å². The molecule has 0 radical (unpaired) electrons. The summed E-state index contributed by atoms with van der Waals surface area (Å²) in [6.07, 6.45) is 1.84. The highest BCUT2D eigenvalue weighted by molar-refractivity contribution is 7.80. The summed E-state index contributed by atoms with van der Waals surface area (Å²) < 4.78 is 2.26. The van der Waals surface area contributed by atoms with E-state index in [1.807, 2.05) is 36.5 Å². The third kappa shape index (κ3) is 3.53. The van der Waals surface area contributed by atoms with E-state index >= 15 is 0 Å². The monoisotopic (exact) mass is 424 g/mol. The lowest BCUT2D eigenvalue weighted by molar-refractivity contribution is 0.269. The molecule has 1 saturated heterocycles. The molecule has 0 unspecified atom stereocenters. The summed E-state index contributed by atoms with van der Waals surface area (Å²) in [6, 6.07) is 16.6. The van der Waals surface area contributed by atoms with Crippen LogP contribution in [0.1, 0.15) is 48.6 Å². The zero-order chi connectivity index (χ0) is 20.7. The van der Waals surface area contributed by atoms with Gasteiger partial charge in [0.15, 0.2) is 5.11 Å². The summed E-state index contributed by atoms with van der Waals surface area (Å²) in [7, 11) is 0. The first-order valence-corrected chi connectivity index (χ1v) is 10.6. The Morgan fingerprint density at radius 2 is 1.90 bits per heavy atom. The predicted octanol–water partition coefficient (Wildman–Crippen LogP) is 5.52. The molecule has 0 saturated carbocycles. The van der Waals surface area contributed by atoms with Crippen molar-refractivity contribution in [3.63, 3.8) is 0 Å². The topological polar surface area (TPSA) is 33.1 Å². The molecule has 4 nitrogen and oxygen atoms in total. The van der Waals surface area contributed by atoms with Crippen LogP contribution in [0.4, 0.5) is 0 Å². The maximum absolute atomic E-state index is 6.26. The molecule has 3 heterocycles. The normalized spacial score (nSPS) is 19.1. The van der Waals surface area contributed by atoms with Crippen LogP contribution in [0.5, 0.6) is 0 Å². The fraction of sp³-hybridized carbons (Fsp3) is 0.304. The van der Waals surface area contributed by atoms with Crippen LogP contribution in [-0.2, 0) is 0 Å². The third-order valence-electron chi connectivity index (χ3n) is 5.55. The highest BCUT2D eigenvalue weighted by Gasteiger charge is 2.42. The molecule has 0 bridgehead atoms. The minimum absolute atomic E-state index is 0.000545. The van der Waals surface area contributed by atoms with Gasteiger partial charge in [0, 0.05) is 34.3 Å². The first-order chi connectivity index (χ1) is 13.9. The van der Waals surface area contributed by atoms with Crippen LogP contribution in [0.25, 0.3) is 5.69 Å². The van der Waals surface area contributed by atoms with Crippen molar-refractivity contribution in [3.8, 4) is 5.69 Å². The van der Waals surface area contributed by atoms with E-state index in [1.165, 1.54) is 17.0 Å². The van der Waals surface area contributed by atoms with Gasteiger partial charge in [0.2, 0.25) is 0 Å². The Bertz CT molecular complexity index is 1040. The SMILES string of the molecule is Cc1cc([C@H]2[C@@H](c3ccccn3)NC(=S)N2C(C)C)c(C)n1-c1cccc(Cl)c1. The van der Waals surface area contributed by atoms with Crippen molar-refractivity contribution in [1.82, 2.24) is 19.8 Å². The van der Waals surface area contributed by atoms with Gasteiger partial charge in [-0.15, -0.1) is 0 Å². The Morgan fingerprint density at radius 1 is 1.10 bits per heavy atom. The summed E-state index contributed by atoms with van der Waals surface area (Å²) in [4.78, 5) is 6.91. The van der Waals surface area contributed by atoms with E-state index < -0.39 is 0 Å². The van der Waals surface area contributed by atoms with Crippen molar-refractivity contribution >= 4 is 28.9 Å². The van der Waals surface area contributed by atoms with E-state index in [2.05, 4.69) is 65.7 Å². The van der Waals surface area contributed by atoms with E-state index in [-0.39, 0.29) is 18.1 Å². The van der Waals surface area contributed by atoms with Crippen molar-refractivity contribution in [2.45, 2.75) is 45.8 Å². The number of hydrogen-bond acceptors (Lipinski definition) is 2. The fourth-order valence-electron chi connectivity index (χ4n) is 4.35. The molecule has 1 N–H and O–H groups in total. The molecule has 1 aliphatic heterocycles. The van der Waals surface area contributed by atoms with Crippen LogP contribution in [0.2, 0.25) is 5.02 Å². The number of thiocarbonyl (C=S) groups is 1. The molecular weight excluding hydrogens is 400 g/mol. The zero-order valence-corrected chi connectivity index (χ0v) is 18.6. The predicted molar refractivity (Wildman–Crippen MR) is 123 cm³/mol. The number of nitrogens with zero attached hydrogens (tertiary/aromatic N) is 3. The number of hydrogen-bond donors (Lipinski definition) is 1. The van der Waals surface area contributed by atoms with E-state index in [9.17, 15) is 0 Å². The minimum atomic E-state index is -0.000545. The van der Waals surface area contributed by atoms with Gasteiger partial charge in [0.05, 0.1) is 17.8 Å². The molecule has 0 aliphatic carbocycles. The second-order valence-corrected chi connectivity index (χ2v) is 8.59. The Balaban J connectivity index is 1.86. The highest BCUT2D eigenvalue weighted by Crippen LogP contribution is 2.42. The molecule has 29 heavy (non-hydrogen) atoms. The van der Waals surface area contributed by atoms with E-state index in [0.717, 1.165) is 21.5 Å². The van der Waals surface area contributed by atoms with Crippen LogP contribution in [-0.4, -0.2) is 25.6 Å². The average molecular weight is 425 g/mol. The van der Waals surface area contributed by atoms with Crippen LogP contribution in [0.15, 0.2) is 54.7 Å². The standard InChI is InChI=1S/C23H25ClN4S/c1-14(2)27-22(21(26-23(27)29)20-10-5-6-11-25-20)19-12-15(3)28(16(19)4)18-9-7-8-17(24)13-18/h5-14,21-22H,1-4H3,(H,26,29)/t21-,22+/m1/s1. The van der Waals surface area contributed by atoms with Gasteiger partial charge in [-0.05, 0) is 81.9 Å².